The number of hydrogen-bond acceptors (Lipinski definition) is 9. The summed E-state index contributed by atoms with van der Waals surface area (Å²) in [5, 5.41) is 0. The summed E-state index contributed by atoms with van der Waals surface area (Å²) in [6, 6.07) is 16.3. The summed E-state index contributed by atoms with van der Waals surface area (Å²) in [4.78, 5) is 36.6. The Hall–Kier alpha value is -4.79. The fourth-order valence-electron chi connectivity index (χ4n) is 3.53. The van der Waals surface area contributed by atoms with Crippen LogP contribution in [0.25, 0.3) is 0 Å². The van der Waals surface area contributed by atoms with E-state index in [0.717, 1.165) is 18.1 Å². The summed E-state index contributed by atoms with van der Waals surface area (Å²) in [7, 11) is 2.87. The first-order valence-electron chi connectivity index (χ1n) is 12.7. The molecule has 0 aliphatic carbocycles. The molecule has 3 aromatic carbocycles. The maximum Gasteiger partial charge on any atom is 0.343 e. The predicted octanol–water partition coefficient (Wildman–Crippen LogP) is 5.59. The smallest absolute Gasteiger partial charge is 0.343 e. The summed E-state index contributed by atoms with van der Waals surface area (Å²) in [5.41, 5.74) is 1.59. The third-order valence-electron chi connectivity index (χ3n) is 5.75. The highest BCUT2D eigenvalue weighted by atomic mass is 16.6. The Labute approximate surface area is 233 Å². The molecule has 0 saturated carbocycles. The third-order valence-corrected chi connectivity index (χ3v) is 5.75. The first-order chi connectivity index (χ1) is 19.4. The van der Waals surface area contributed by atoms with Gasteiger partial charge >= 0.3 is 17.9 Å². The predicted molar refractivity (Wildman–Crippen MR) is 148 cm³/mol. The van der Waals surface area contributed by atoms with Crippen LogP contribution in [0.4, 0.5) is 0 Å². The molecular formula is C31H32O9. The minimum atomic E-state index is -0.654. The molecule has 0 bridgehead atoms. The number of ether oxygens (including phenoxy) is 6. The van der Waals surface area contributed by atoms with Crippen molar-refractivity contribution in [3.63, 3.8) is 0 Å². The van der Waals surface area contributed by atoms with E-state index in [9.17, 15) is 14.4 Å². The molecule has 0 unspecified atom stereocenters. The van der Waals surface area contributed by atoms with Crippen LogP contribution in [0.1, 0.15) is 46.0 Å². The van der Waals surface area contributed by atoms with Crippen molar-refractivity contribution in [2.45, 2.75) is 26.2 Å². The molecule has 0 aliphatic rings. The Morgan fingerprint density at radius 3 is 1.90 bits per heavy atom. The van der Waals surface area contributed by atoms with Gasteiger partial charge in [0.1, 0.15) is 5.75 Å². The van der Waals surface area contributed by atoms with E-state index in [1.54, 1.807) is 24.3 Å². The minimum absolute atomic E-state index is 0.132. The Balaban J connectivity index is 1.61. The van der Waals surface area contributed by atoms with Gasteiger partial charge in [-0.2, -0.15) is 0 Å². The van der Waals surface area contributed by atoms with E-state index in [0.29, 0.717) is 36.7 Å². The van der Waals surface area contributed by atoms with Crippen molar-refractivity contribution in [3.05, 3.63) is 90.0 Å². The minimum Gasteiger partial charge on any atom is -0.493 e. The molecule has 0 fully saturated rings. The van der Waals surface area contributed by atoms with Gasteiger partial charge in [0.2, 0.25) is 0 Å². The van der Waals surface area contributed by atoms with Crippen molar-refractivity contribution < 1.29 is 42.8 Å². The average Bonchev–Trinajstić information content (AvgIpc) is 2.99. The molecule has 40 heavy (non-hydrogen) atoms. The number of benzene rings is 3. The van der Waals surface area contributed by atoms with Gasteiger partial charge in [-0.25, -0.2) is 14.4 Å². The molecule has 0 heterocycles. The lowest BCUT2D eigenvalue weighted by atomic mass is 10.1. The highest BCUT2D eigenvalue weighted by molar-refractivity contribution is 5.94. The first kappa shape index (κ1) is 29.8. The normalized spacial score (nSPS) is 10.3. The van der Waals surface area contributed by atoms with Gasteiger partial charge in [-0.1, -0.05) is 25.6 Å². The van der Waals surface area contributed by atoms with E-state index in [2.05, 4.69) is 6.58 Å². The average molecular weight is 549 g/mol. The van der Waals surface area contributed by atoms with Crippen LogP contribution >= 0.6 is 0 Å². The summed E-state index contributed by atoms with van der Waals surface area (Å²) < 4.78 is 32.4. The summed E-state index contributed by atoms with van der Waals surface area (Å²) in [6.07, 6.45) is 3.26. The van der Waals surface area contributed by atoms with Crippen LogP contribution in [0, 0.1) is 0 Å². The van der Waals surface area contributed by atoms with Gasteiger partial charge < -0.3 is 28.4 Å². The van der Waals surface area contributed by atoms with Crippen LogP contribution in [0.15, 0.2) is 73.3 Å². The highest BCUT2D eigenvalue weighted by Gasteiger charge is 2.18. The molecular weight excluding hydrogens is 516 g/mol. The van der Waals surface area contributed by atoms with Crippen molar-refractivity contribution in [2.24, 2.45) is 0 Å². The number of rotatable bonds is 14. The number of esters is 3. The molecule has 0 aliphatic heterocycles. The van der Waals surface area contributed by atoms with Crippen molar-refractivity contribution in [1.82, 2.24) is 0 Å². The maximum atomic E-state index is 12.9. The quantitative estimate of drug-likeness (QED) is 0.110. The molecule has 0 N–H and O–H groups in total. The SMILES string of the molecule is C=CC(=O)OCCCCOc1ccc(C(=O)Oc2ccc(C(=O)Oc3ccc(CC)cc3)cc2OC)cc1OC. The summed E-state index contributed by atoms with van der Waals surface area (Å²) in [6.45, 7) is 6.02. The highest BCUT2D eigenvalue weighted by Crippen LogP contribution is 2.32. The lowest BCUT2D eigenvalue weighted by Gasteiger charge is -2.13. The molecule has 0 saturated heterocycles. The Bertz CT molecular complexity index is 1330. The summed E-state index contributed by atoms with van der Waals surface area (Å²) >= 11 is 0. The number of aryl methyl sites for hydroxylation is 1. The number of methoxy groups -OCH3 is 2. The zero-order valence-electron chi connectivity index (χ0n) is 22.8. The molecule has 0 spiro atoms. The van der Waals surface area contributed by atoms with Gasteiger partial charge in [-0.05, 0) is 73.4 Å². The number of hydrogen-bond donors (Lipinski definition) is 0. The van der Waals surface area contributed by atoms with Crippen molar-refractivity contribution in [2.75, 3.05) is 27.4 Å². The molecule has 210 valence electrons. The number of carbonyl (C=O) groups excluding carboxylic acids is 3. The van der Waals surface area contributed by atoms with Crippen LogP contribution in [-0.2, 0) is 16.0 Å². The fraction of sp³-hybridized carbons (Fsp3) is 0.258. The fourth-order valence-corrected chi connectivity index (χ4v) is 3.53. The van der Waals surface area contributed by atoms with E-state index in [1.807, 2.05) is 19.1 Å². The van der Waals surface area contributed by atoms with Crippen LogP contribution in [0.5, 0.6) is 28.7 Å². The van der Waals surface area contributed by atoms with Gasteiger partial charge in [0, 0.05) is 6.08 Å². The van der Waals surface area contributed by atoms with Gasteiger partial charge in [-0.3, -0.25) is 0 Å². The van der Waals surface area contributed by atoms with Gasteiger partial charge in [-0.15, -0.1) is 0 Å². The van der Waals surface area contributed by atoms with Crippen molar-refractivity contribution in [1.29, 1.82) is 0 Å². The van der Waals surface area contributed by atoms with E-state index in [1.165, 1.54) is 38.5 Å². The van der Waals surface area contributed by atoms with Crippen molar-refractivity contribution >= 4 is 17.9 Å². The summed E-state index contributed by atoms with van der Waals surface area (Å²) in [5.74, 6) is -0.141. The molecule has 0 amide bonds. The Morgan fingerprint density at radius 1 is 0.725 bits per heavy atom. The molecule has 0 aromatic heterocycles. The van der Waals surface area contributed by atoms with Crippen LogP contribution < -0.4 is 23.7 Å². The molecule has 9 nitrogen and oxygen atoms in total. The van der Waals surface area contributed by atoms with Crippen LogP contribution in [-0.4, -0.2) is 45.3 Å². The standard InChI is InChI=1S/C31H32O9/c1-5-21-9-13-24(14-10-21)39-30(33)22-12-16-26(28(20-22)36-4)40-31(34)23-11-15-25(27(19-23)35-3)37-17-7-8-18-38-29(32)6-2/h6,9-16,19-20H,2,5,7-8,17-18H2,1,3-4H3. The van der Waals surface area contributed by atoms with Gasteiger partial charge in [0.05, 0.1) is 38.6 Å². The second-order valence-corrected chi connectivity index (χ2v) is 8.44. The second kappa shape index (κ2) is 15.0. The van der Waals surface area contributed by atoms with E-state index >= 15 is 0 Å². The van der Waals surface area contributed by atoms with E-state index < -0.39 is 17.9 Å². The zero-order chi connectivity index (χ0) is 28.9. The van der Waals surface area contributed by atoms with Gasteiger partial charge in [0.25, 0.3) is 0 Å². The van der Waals surface area contributed by atoms with E-state index in [-0.39, 0.29) is 29.2 Å². The molecule has 0 radical (unpaired) electrons. The van der Waals surface area contributed by atoms with Gasteiger partial charge in [0.15, 0.2) is 23.0 Å². The van der Waals surface area contributed by atoms with Crippen LogP contribution in [0.2, 0.25) is 0 Å². The number of unbranched alkanes of at least 4 members (excludes halogenated alkanes) is 1. The molecule has 9 heteroatoms. The molecule has 3 rings (SSSR count). The second-order valence-electron chi connectivity index (χ2n) is 8.44. The Kier molecular flexibility index (Phi) is 11.1. The monoisotopic (exact) mass is 548 g/mol. The molecule has 3 aromatic rings. The molecule has 0 atom stereocenters. The van der Waals surface area contributed by atoms with Crippen LogP contribution in [0.3, 0.4) is 0 Å². The third kappa shape index (κ3) is 8.36. The topological polar surface area (TPSA) is 107 Å². The zero-order valence-corrected chi connectivity index (χ0v) is 22.8. The lowest BCUT2D eigenvalue weighted by Crippen LogP contribution is -2.12. The first-order valence-corrected chi connectivity index (χ1v) is 12.7. The lowest BCUT2D eigenvalue weighted by molar-refractivity contribution is -0.137. The largest absolute Gasteiger partial charge is 0.493 e. The number of carbonyl (C=O) groups is 3. The van der Waals surface area contributed by atoms with E-state index in [4.69, 9.17) is 28.4 Å². The maximum absolute atomic E-state index is 12.9. The Morgan fingerprint density at radius 2 is 1.30 bits per heavy atom. The van der Waals surface area contributed by atoms with Crippen molar-refractivity contribution in [3.8, 4) is 28.7 Å².